The maximum absolute atomic E-state index is 5.53. The highest BCUT2D eigenvalue weighted by molar-refractivity contribution is 5.66. The predicted octanol–water partition coefficient (Wildman–Crippen LogP) is 3.65. The predicted molar refractivity (Wildman–Crippen MR) is 67.2 cm³/mol. The first-order valence-electron chi connectivity index (χ1n) is 5.61. The molecule has 0 aliphatic carbocycles. The smallest absolute Gasteiger partial charge is 0.229 e. The molecule has 0 unspecified atom stereocenters. The molecule has 3 nitrogen and oxygen atoms in total. The summed E-state index contributed by atoms with van der Waals surface area (Å²) in [6.45, 7) is 6.47. The highest BCUT2D eigenvalue weighted by atomic mass is 16.5. The molecule has 1 aromatic carbocycles. The van der Waals surface area contributed by atoms with Crippen molar-refractivity contribution in [1.29, 1.82) is 0 Å². The molecule has 0 fully saturated rings. The number of methoxy groups -OCH3 is 1. The van der Waals surface area contributed by atoms with Crippen LogP contribution in [0.2, 0.25) is 0 Å². The van der Waals surface area contributed by atoms with Crippen molar-refractivity contribution in [1.82, 2.24) is 4.98 Å². The van der Waals surface area contributed by atoms with Crippen molar-refractivity contribution < 1.29 is 9.15 Å². The number of benzene rings is 1. The van der Waals surface area contributed by atoms with Gasteiger partial charge < -0.3 is 9.15 Å². The Labute approximate surface area is 101 Å². The van der Waals surface area contributed by atoms with Gasteiger partial charge in [0.1, 0.15) is 12.0 Å². The monoisotopic (exact) mass is 231 g/mol. The molecule has 90 valence electrons. The van der Waals surface area contributed by atoms with E-state index in [4.69, 9.17) is 9.15 Å². The Hall–Kier alpha value is -1.77. The van der Waals surface area contributed by atoms with E-state index in [9.17, 15) is 0 Å². The van der Waals surface area contributed by atoms with Gasteiger partial charge in [-0.15, -0.1) is 0 Å². The molecular weight excluding hydrogens is 214 g/mol. The van der Waals surface area contributed by atoms with Crippen LogP contribution in [-0.2, 0) is 5.41 Å². The van der Waals surface area contributed by atoms with E-state index in [-0.39, 0.29) is 5.41 Å². The zero-order valence-corrected chi connectivity index (χ0v) is 10.7. The second-order valence-corrected chi connectivity index (χ2v) is 4.97. The fraction of sp³-hybridized carbons (Fsp3) is 0.357. The molecule has 0 bridgehead atoms. The lowest BCUT2D eigenvalue weighted by Gasteiger charge is -2.23. The molecule has 0 spiro atoms. The van der Waals surface area contributed by atoms with Gasteiger partial charge in [-0.05, 0) is 11.5 Å². The zero-order valence-electron chi connectivity index (χ0n) is 10.7. The van der Waals surface area contributed by atoms with Crippen molar-refractivity contribution in [2.75, 3.05) is 7.11 Å². The van der Waals surface area contributed by atoms with Crippen LogP contribution in [0.15, 0.2) is 35.1 Å². The first-order chi connectivity index (χ1) is 8.04. The number of hydrogen-bond donors (Lipinski definition) is 0. The van der Waals surface area contributed by atoms with Gasteiger partial charge in [-0.1, -0.05) is 32.9 Å². The van der Waals surface area contributed by atoms with Crippen LogP contribution in [0.4, 0.5) is 0 Å². The summed E-state index contributed by atoms with van der Waals surface area (Å²) in [7, 11) is 1.68. The molecule has 0 aliphatic rings. The van der Waals surface area contributed by atoms with E-state index in [1.807, 2.05) is 12.1 Å². The summed E-state index contributed by atoms with van der Waals surface area (Å²) in [5.74, 6) is 1.43. The van der Waals surface area contributed by atoms with E-state index in [2.05, 4.69) is 31.8 Å². The summed E-state index contributed by atoms with van der Waals surface area (Å²) in [6.07, 6.45) is 3.21. The largest absolute Gasteiger partial charge is 0.496 e. The van der Waals surface area contributed by atoms with Crippen molar-refractivity contribution in [3.05, 3.63) is 36.2 Å². The average molecular weight is 231 g/mol. The van der Waals surface area contributed by atoms with Gasteiger partial charge >= 0.3 is 0 Å². The van der Waals surface area contributed by atoms with E-state index in [1.54, 1.807) is 19.6 Å². The highest BCUT2D eigenvalue weighted by Crippen LogP contribution is 2.38. The number of hydrogen-bond acceptors (Lipinski definition) is 3. The second kappa shape index (κ2) is 4.24. The summed E-state index contributed by atoms with van der Waals surface area (Å²) in [5, 5.41) is 0. The van der Waals surface area contributed by atoms with Crippen LogP contribution in [0, 0.1) is 0 Å². The molecule has 2 aromatic rings. The van der Waals surface area contributed by atoms with Crippen molar-refractivity contribution in [2.24, 2.45) is 0 Å². The quantitative estimate of drug-likeness (QED) is 0.791. The van der Waals surface area contributed by atoms with Crippen molar-refractivity contribution in [3.8, 4) is 17.2 Å². The van der Waals surface area contributed by atoms with Crippen molar-refractivity contribution >= 4 is 0 Å². The number of ether oxygens (including phenoxy) is 1. The van der Waals surface area contributed by atoms with Crippen LogP contribution < -0.4 is 4.74 Å². The SMILES string of the molecule is COc1c(-c2ncco2)cccc1C(C)(C)C. The van der Waals surface area contributed by atoms with E-state index >= 15 is 0 Å². The highest BCUT2D eigenvalue weighted by Gasteiger charge is 2.22. The molecule has 3 heteroatoms. The Morgan fingerprint density at radius 3 is 2.53 bits per heavy atom. The molecule has 2 rings (SSSR count). The first-order valence-corrected chi connectivity index (χ1v) is 5.61. The number of para-hydroxylation sites is 1. The molecule has 0 saturated carbocycles. The standard InChI is InChI=1S/C14H17NO2/c1-14(2,3)11-7-5-6-10(12(11)16-4)13-15-8-9-17-13/h5-9H,1-4H3. The molecule has 0 radical (unpaired) electrons. The van der Waals surface area contributed by atoms with E-state index < -0.39 is 0 Å². The lowest BCUT2D eigenvalue weighted by Crippen LogP contribution is -2.13. The van der Waals surface area contributed by atoms with Gasteiger partial charge in [0.25, 0.3) is 0 Å². The number of rotatable bonds is 2. The molecule has 1 heterocycles. The third-order valence-corrected chi connectivity index (χ3v) is 2.69. The van der Waals surface area contributed by atoms with Crippen LogP contribution in [0.25, 0.3) is 11.5 Å². The Bertz CT molecular complexity index is 495. The normalized spacial score (nSPS) is 11.5. The number of oxazole rings is 1. The van der Waals surface area contributed by atoms with Crippen molar-refractivity contribution in [2.45, 2.75) is 26.2 Å². The van der Waals surface area contributed by atoms with Gasteiger partial charge in [0.15, 0.2) is 0 Å². The molecule has 0 amide bonds. The summed E-state index contributed by atoms with van der Waals surface area (Å²) >= 11 is 0. The minimum absolute atomic E-state index is 0.0218. The number of nitrogens with zero attached hydrogens (tertiary/aromatic N) is 1. The summed E-state index contributed by atoms with van der Waals surface area (Å²) in [4.78, 5) is 4.17. The molecule has 0 saturated heterocycles. The zero-order chi connectivity index (χ0) is 12.5. The topological polar surface area (TPSA) is 35.3 Å². The maximum atomic E-state index is 5.53. The summed E-state index contributed by atoms with van der Waals surface area (Å²) in [6, 6.07) is 6.04. The first kappa shape index (κ1) is 11.7. The van der Waals surface area contributed by atoms with Crippen LogP contribution in [0.3, 0.4) is 0 Å². The lowest BCUT2D eigenvalue weighted by molar-refractivity contribution is 0.397. The Balaban J connectivity index is 2.62. The van der Waals surface area contributed by atoms with E-state index in [0.717, 1.165) is 16.9 Å². The fourth-order valence-electron chi connectivity index (χ4n) is 1.87. The van der Waals surface area contributed by atoms with Gasteiger partial charge in [0.05, 0.1) is 18.9 Å². The Morgan fingerprint density at radius 2 is 2.00 bits per heavy atom. The minimum atomic E-state index is 0.0218. The van der Waals surface area contributed by atoms with Crippen molar-refractivity contribution in [3.63, 3.8) is 0 Å². The van der Waals surface area contributed by atoms with Gasteiger partial charge in [-0.25, -0.2) is 4.98 Å². The van der Waals surface area contributed by atoms with Gasteiger partial charge in [0, 0.05) is 5.56 Å². The summed E-state index contributed by atoms with van der Waals surface area (Å²) in [5.41, 5.74) is 2.06. The lowest BCUT2D eigenvalue weighted by atomic mass is 9.85. The maximum Gasteiger partial charge on any atom is 0.229 e. The summed E-state index contributed by atoms with van der Waals surface area (Å²) < 4.78 is 10.9. The number of aromatic nitrogens is 1. The van der Waals surface area contributed by atoms with Crippen LogP contribution >= 0.6 is 0 Å². The average Bonchev–Trinajstić information content (AvgIpc) is 2.80. The van der Waals surface area contributed by atoms with Gasteiger partial charge in [-0.2, -0.15) is 0 Å². The molecule has 0 aliphatic heterocycles. The Morgan fingerprint density at radius 1 is 1.24 bits per heavy atom. The molecule has 17 heavy (non-hydrogen) atoms. The van der Waals surface area contributed by atoms with Crippen LogP contribution in [0.5, 0.6) is 5.75 Å². The molecule has 0 N–H and O–H groups in total. The second-order valence-electron chi connectivity index (χ2n) is 4.97. The third kappa shape index (κ3) is 2.18. The van der Waals surface area contributed by atoms with Crippen LogP contribution in [0.1, 0.15) is 26.3 Å². The minimum Gasteiger partial charge on any atom is -0.496 e. The van der Waals surface area contributed by atoms with Crippen LogP contribution in [-0.4, -0.2) is 12.1 Å². The fourth-order valence-corrected chi connectivity index (χ4v) is 1.87. The van der Waals surface area contributed by atoms with E-state index in [0.29, 0.717) is 5.89 Å². The van der Waals surface area contributed by atoms with Gasteiger partial charge in [0.2, 0.25) is 5.89 Å². The third-order valence-electron chi connectivity index (χ3n) is 2.69. The van der Waals surface area contributed by atoms with E-state index in [1.165, 1.54) is 0 Å². The molecule has 0 atom stereocenters. The molecule has 1 aromatic heterocycles. The van der Waals surface area contributed by atoms with Gasteiger partial charge in [-0.3, -0.25) is 0 Å². The Kier molecular flexibility index (Phi) is 2.92. The molecular formula is C14H17NO2.